The van der Waals surface area contributed by atoms with Gasteiger partial charge >= 0.3 is 0 Å². The van der Waals surface area contributed by atoms with Gasteiger partial charge in [-0.05, 0) is 40.5 Å². The predicted molar refractivity (Wildman–Crippen MR) is 67.4 cm³/mol. The second kappa shape index (κ2) is 5.12. The van der Waals surface area contributed by atoms with E-state index in [0.29, 0.717) is 6.61 Å². The van der Waals surface area contributed by atoms with Crippen LogP contribution in [0.1, 0.15) is 11.1 Å². The van der Waals surface area contributed by atoms with Gasteiger partial charge in [-0.1, -0.05) is 29.8 Å². The van der Waals surface area contributed by atoms with Gasteiger partial charge in [-0.2, -0.15) is 0 Å². The third kappa shape index (κ3) is 3.07. The van der Waals surface area contributed by atoms with Crippen LogP contribution in [-0.4, -0.2) is 4.98 Å². The van der Waals surface area contributed by atoms with Gasteiger partial charge in [0, 0.05) is 0 Å². The number of halogens is 1. The van der Waals surface area contributed by atoms with Gasteiger partial charge < -0.3 is 4.74 Å². The lowest BCUT2D eigenvalue weighted by Crippen LogP contribution is -1.95. The molecule has 0 aliphatic rings. The van der Waals surface area contributed by atoms with E-state index >= 15 is 0 Å². The summed E-state index contributed by atoms with van der Waals surface area (Å²) in [5, 5.41) is 0. The average molecular weight is 278 g/mol. The van der Waals surface area contributed by atoms with E-state index in [9.17, 15) is 0 Å². The first kappa shape index (κ1) is 11.1. The van der Waals surface area contributed by atoms with E-state index in [4.69, 9.17) is 4.74 Å². The first-order valence-corrected chi connectivity index (χ1v) is 5.83. The summed E-state index contributed by atoms with van der Waals surface area (Å²) in [6.45, 7) is 2.65. The van der Waals surface area contributed by atoms with Gasteiger partial charge in [-0.3, -0.25) is 0 Å². The van der Waals surface area contributed by atoms with E-state index in [1.54, 1.807) is 6.20 Å². The average Bonchev–Trinajstić information content (AvgIpc) is 2.28. The van der Waals surface area contributed by atoms with Gasteiger partial charge in [-0.15, -0.1) is 0 Å². The molecule has 82 valence electrons. The minimum absolute atomic E-state index is 0.574. The Labute approximate surface area is 103 Å². The van der Waals surface area contributed by atoms with Gasteiger partial charge in [0.2, 0.25) is 0 Å². The fourth-order valence-electron chi connectivity index (χ4n) is 1.42. The van der Waals surface area contributed by atoms with Gasteiger partial charge in [0.05, 0.1) is 6.20 Å². The number of hydrogen-bond acceptors (Lipinski definition) is 2. The van der Waals surface area contributed by atoms with E-state index in [-0.39, 0.29) is 0 Å². The van der Waals surface area contributed by atoms with E-state index in [1.165, 1.54) is 11.1 Å². The van der Waals surface area contributed by atoms with Crippen LogP contribution in [0.5, 0.6) is 5.75 Å². The molecule has 0 bridgehead atoms. The molecule has 0 fully saturated rings. The maximum absolute atomic E-state index is 5.62. The molecule has 0 saturated carbocycles. The third-order valence-corrected chi connectivity index (χ3v) is 2.66. The second-order valence-corrected chi connectivity index (χ2v) is 4.41. The van der Waals surface area contributed by atoms with E-state index in [2.05, 4.69) is 46.0 Å². The Balaban J connectivity index is 1.99. The van der Waals surface area contributed by atoms with Crippen molar-refractivity contribution in [2.75, 3.05) is 0 Å². The van der Waals surface area contributed by atoms with Gasteiger partial charge in [0.1, 0.15) is 17.0 Å². The molecule has 0 unspecified atom stereocenters. The SMILES string of the molecule is Cc1cccc(COc2ccc(Br)nc2)c1. The molecular formula is C13H12BrNO. The lowest BCUT2D eigenvalue weighted by atomic mass is 10.1. The van der Waals surface area contributed by atoms with E-state index < -0.39 is 0 Å². The number of benzene rings is 1. The van der Waals surface area contributed by atoms with Crippen molar-refractivity contribution in [2.24, 2.45) is 0 Å². The number of aromatic nitrogens is 1. The number of nitrogens with zero attached hydrogens (tertiary/aromatic N) is 1. The molecule has 2 rings (SSSR count). The van der Waals surface area contributed by atoms with Crippen molar-refractivity contribution in [2.45, 2.75) is 13.5 Å². The Kier molecular flexibility index (Phi) is 3.57. The maximum Gasteiger partial charge on any atom is 0.138 e. The minimum atomic E-state index is 0.574. The molecule has 0 saturated heterocycles. The van der Waals surface area contributed by atoms with Crippen molar-refractivity contribution in [1.82, 2.24) is 4.98 Å². The number of pyridine rings is 1. The highest BCUT2D eigenvalue weighted by Gasteiger charge is 1.96. The van der Waals surface area contributed by atoms with Crippen LogP contribution in [0.3, 0.4) is 0 Å². The van der Waals surface area contributed by atoms with Crippen molar-refractivity contribution in [1.29, 1.82) is 0 Å². The number of hydrogen-bond donors (Lipinski definition) is 0. The predicted octanol–water partition coefficient (Wildman–Crippen LogP) is 3.73. The van der Waals surface area contributed by atoms with Crippen LogP contribution in [0.4, 0.5) is 0 Å². The molecule has 0 radical (unpaired) electrons. The summed E-state index contributed by atoms with van der Waals surface area (Å²) in [5.41, 5.74) is 2.41. The molecule has 3 heteroatoms. The molecule has 1 aromatic heterocycles. The zero-order valence-electron chi connectivity index (χ0n) is 8.98. The monoisotopic (exact) mass is 277 g/mol. The standard InChI is InChI=1S/C13H12BrNO/c1-10-3-2-4-11(7-10)9-16-12-5-6-13(14)15-8-12/h2-8H,9H2,1H3. The fraction of sp³-hybridized carbons (Fsp3) is 0.154. The first-order chi connectivity index (χ1) is 7.74. The third-order valence-electron chi connectivity index (χ3n) is 2.19. The molecule has 0 atom stereocenters. The quantitative estimate of drug-likeness (QED) is 0.798. The summed E-state index contributed by atoms with van der Waals surface area (Å²) < 4.78 is 6.43. The van der Waals surface area contributed by atoms with Crippen molar-refractivity contribution in [3.63, 3.8) is 0 Å². The molecule has 0 spiro atoms. The number of aryl methyl sites for hydroxylation is 1. The Morgan fingerprint density at radius 2 is 2.12 bits per heavy atom. The normalized spacial score (nSPS) is 10.1. The minimum Gasteiger partial charge on any atom is -0.487 e. The second-order valence-electron chi connectivity index (χ2n) is 3.59. The summed E-state index contributed by atoms with van der Waals surface area (Å²) >= 11 is 3.28. The summed E-state index contributed by atoms with van der Waals surface area (Å²) in [7, 11) is 0. The zero-order valence-corrected chi connectivity index (χ0v) is 10.6. The van der Waals surface area contributed by atoms with Crippen LogP contribution in [-0.2, 0) is 6.61 Å². The highest BCUT2D eigenvalue weighted by molar-refractivity contribution is 9.10. The van der Waals surface area contributed by atoms with Crippen LogP contribution in [0.15, 0.2) is 47.2 Å². The molecule has 1 aromatic carbocycles. The van der Waals surface area contributed by atoms with Crippen LogP contribution < -0.4 is 4.74 Å². The smallest absolute Gasteiger partial charge is 0.138 e. The largest absolute Gasteiger partial charge is 0.487 e. The Morgan fingerprint density at radius 3 is 2.81 bits per heavy atom. The van der Waals surface area contributed by atoms with Crippen LogP contribution in [0, 0.1) is 6.92 Å². The molecule has 2 aromatic rings. The summed E-state index contributed by atoms with van der Waals surface area (Å²) in [4.78, 5) is 4.10. The zero-order chi connectivity index (χ0) is 11.4. The fourth-order valence-corrected chi connectivity index (χ4v) is 1.65. The lowest BCUT2D eigenvalue weighted by molar-refractivity contribution is 0.305. The van der Waals surface area contributed by atoms with Crippen molar-refractivity contribution in [3.8, 4) is 5.75 Å². The van der Waals surface area contributed by atoms with Gasteiger partial charge in [0.15, 0.2) is 0 Å². The molecule has 2 nitrogen and oxygen atoms in total. The molecule has 16 heavy (non-hydrogen) atoms. The van der Waals surface area contributed by atoms with Crippen LogP contribution >= 0.6 is 15.9 Å². The van der Waals surface area contributed by atoms with E-state index in [0.717, 1.165) is 10.4 Å². The topological polar surface area (TPSA) is 22.1 Å². The van der Waals surface area contributed by atoms with E-state index in [1.807, 2.05) is 18.2 Å². The van der Waals surface area contributed by atoms with Crippen LogP contribution in [0.25, 0.3) is 0 Å². The lowest BCUT2D eigenvalue weighted by Gasteiger charge is -2.06. The van der Waals surface area contributed by atoms with Crippen molar-refractivity contribution < 1.29 is 4.74 Å². The molecule has 0 aliphatic heterocycles. The number of ether oxygens (including phenoxy) is 1. The number of rotatable bonds is 3. The summed E-state index contributed by atoms with van der Waals surface area (Å²) in [6, 6.07) is 12.0. The first-order valence-electron chi connectivity index (χ1n) is 5.04. The highest BCUT2D eigenvalue weighted by atomic mass is 79.9. The molecular weight excluding hydrogens is 266 g/mol. The van der Waals surface area contributed by atoms with Crippen molar-refractivity contribution in [3.05, 3.63) is 58.3 Å². The molecule has 0 aliphatic carbocycles. The Morgan fingerprint density at radius 1 is 1.25 bits per heavy atom. The Bertz CT molecular complexity index is 468. The molecule has 0 N–H and O–H groups in total. The summed E-state index contributed by atoms with van der Waals surface area (Å²) in [6.07, 6.45) is 1.71. The molecule has 0 amide bonds. The summed E-state index contributed by atoms with van der Waals surface area (Å²) in [5.74, 6) is 0.782. The highest BCUT2D eigenvalue weighted by Crippen LogP contribution is 2.14. The van der Waals surface area contributed by atoms with Crippen molar-refractivity contribution >= 4 is 15.9 Å². The Hall–Kier alpha value is -1.35. The van der Waals surface area contributed by atoms with Gasteiger partial charge in [0.25, 0.3) is 0 Å². The molecule has 1 heterocycles. The van der Waals surface area contributed by atoms with Crippen LogP contribution in [0.2, 0.25) is 0 Å². The van der Waals surface area contributed by atoms with Gasteiger partial charge in [-0.25, -0.2) is 4.98 Å². The maximum atomic E-state index is 5.62.